The average molecular weight is 466 g/mol. The molecule has 0 aromatic rings. The van der Waals surface area contributed by atoms with Gasteiger partial charge in [0.2, 0.25) is 0 Å². The summed E-state index contributed by atoms with van der Waals surface area (Å²) in [6.07, 6.45) is 7.46. The zero-order chi connectivity index (χ0) is 17.3. The van der Waals surface area contributed by atoms with Gasteiger partial charge in [0.15, 0.2) is 5.96 Å². The van der Waals surface area contributed by atoms with E-state index in [9.17, 15) is 0 Å². The van der Waals surface area contributed by atoms with Crippen LogP contribution in [-0.4, -0.2) is 62.8 Å². The predicted molar refractivity (Wildman–Crippen MR) is 117 cm³/mol. The molecule has 1 saturated heterocycles. The number of rotatable bonds is 10. The van der Waals surface area contributed by atoms with Crippen LogP contribution in [0, 0.1) is 5.41 Å². The van der Waals surface area contributed by atoms with E-state index in [0.717, 1.165) is 38.7 Å². The maximum atomic E-state index is 5.53. The van der Waals surface area contributed by atoms with Gasteiger partial charge in [-0.1, -0.05) is 6.92 Å². The number of hydrogen-bond donors (Lipinski definition) is 2. The third-order valence-corrected chi connectivity index (χ3v) is 5.32. The van der Waals surface area contributed by atoms with Crippen LogP contribution in [-0.2, 0) is 4.74 Å². The molecule has 2 N–H and O–H groups in total. The van der Waals surface area contributed by atoms with E-state index in [1.54, 1.807) is 0 Å². The van der Waals surface area contributed by atoms with E-state index in [0.29, 0.717) is 11.5 Å². The Morgan fingerprint density at radius 2 is 1.92 bits per heavy atom. The second-order valence-electron chi connectivity index (χ2n) is 7.40. The molecule has 6 heteroatoms. The Morgan fingerprint density at radius 1 is 1.20 bits per heavy atom. The molecule has 0 amide bonds. The van der Waals surface area contributed by atoms with Crippen molar-refractivity contribution in [2.24, 2.45) is 10.4 Å². The summed E-state index contributed by atoms with van der Waals surface area (Å²) >= 11 is 0. The van der Waals surface area contributed by atoms with Gasteiger partial charge in [-0.05, 0) is 64.3 Å². The lowest BCUT2D eigenvalue weighted by Crippen LogP contribution is -2.49. The Balaban J connectivity index is 0.00000312. The van der Waals surface area contributed by atoms with E-state index in [2.05, 4.69) is 36.3 Å². The molecule has 1 aliphatic heterocycles. The van der Waals surface area contributed by atoms with Crippen LogP contribution in [0.3, 0.4) is 0 Å². The van der Waals surface area contributed by atoms with Crippen LogP contribution in [0.4, 0.5) is 0 Å². The van der Waals surface area contributed by atoms with Crippen LogP contribution in [0.2, 0.25) is 0 Å². The van der Waals surface area contributed by atoms with Crippen molar-refractivity contribution in [3.05, 3.63) is 0 Å². The highest BCUT2D eigenvalue weighted by molar-refractivity contribution is 14.0. The molecule has 0 aromatic carbocycles. The predicted octanol–water partition coefficient (Wildman–Crippen LogP) is 3.24. The molecule has 1 heterocycles. The van der Waals surface area contributed by atoms with Crippen LogP contribution in [0.25, 0.3) is 0 Å². The number of hydrogen-bond acceptors (Lipinski definition) is 3. The third kappa shape index (κ3) is 8.43. The molecule has 25 heavy (non-hydrogen) atoms. The summed E-state index contributed by atoms with van der Waals surface area (Å²) in [5.41, 5.74) is 0.419. The Hall–Kier alpha value is -0.0800. The van der Waals surface area contributed by atoms with E-state index in [4.69, 9.17) is 9.73 Å². The largest absolute Gasteiger partial charge is 0.382 e. The number of piperidine rings is 1. The van der Waals surface area contributed by atoms with Gasteiger partial charge in [0.05, 0.1) is 0 Å². The van der Waals surface area contributed by atoms with Gasteiger partial charge in [-0.25, -0.2) is 0 Å². The van der Waals surface area contributed by atoms with Crippen molar-refractivity contribution in [2.45, 2.75) is 65.3 Å². The lowest BCUT2D eigenvalue weighted by atomic mass is 10.0. The molecule has 0 unspecified atom stereocenters. The molecule has 2 fully saturated rings. The molecule has 5 nitrogen and oxygen atoms in total. The second-order valence-corrected chi connectivity index (χ2v) is 7.40. The maximum absolute atomic E-state index is 5.53. The van der Waals surface area contributed by atoms with Crippen molar-refractivity contribution >= 4 is 29.9 Å². The van der Waals surface area contributed by atoms with E-state index in [1.807, 2.05) is 0 Å². The fraction of sp³-hybridized carbons (Fsp3) is 0.947. The molecule has 1 saturated carbocycles. The smallest absolute Gasteiger partial charge is 0.191 e. The van der Waals surface area contributed by atoms with Gasteiger partial charge >= 0.3 is 0 Å². The van der Waals surface area contributed by atoms with Crippen LogP contribution in [0.5, 0.6) is 0 Å². The molecule has 0 spiro atoms. The quantitative estimate of drug-likeness (QED) is 0.225. The molecule has 1 aliphatic carbocycles. The van der Waals surface area contributed by atoms with Gasteiger partial charge in [0, 0.05) is 45.4 Å². The van der Waals surface area contributed by atoms with Crippen molar-refractivity contribution in [1.29, 1.82) is 0 Å². The van der Waals surface area contributed by atoms with Gasteiger partial charge < -0.3 is 20.3 Å². The van der Waals surface area contributed by atoms with Crippen LogP contribution < -0.4 is 10.6 Å². The van der Waals surface area contributed by atoms with Gasteiger partial charge in [0.25, 0.3) is 0 Å². The number of guanidine groups is 1. The summed E-state index contributed by atoms with van der Waals surface area (Å²) in [5, 5.41) is 7.10. The van der Waals surface area contributed by atoms with Crippen LogP contribution >= 0.6 is 24.0 Å². The minimum Gasteiger partial charge on any atom is -0.382 e. The van der Waals surface area contributed by atoms with E-state index >= 15 is 0 Å². The molecule has 2 rings (SSSR count). The lowest BCUT2D eigenvalue weighted by Gasteiger charge is -2.33. The van der Waals surface area contributed by atoms with Crippen molar-refractivity contribution in [1.82, 2.24) is 15.5 Å². The highest BCUT2D eigenvalue weighted by Crippen LogP contribution is 2.49. The first kappa shape index (κ1) is 23.0. The Kier molecular flexibility index (Phi) is 11.3. The normalized spacial score (nSPS) is 20.8. The highest BCUT2D eigenvalue weighted by Gasteiger charge is 2.41. The first-order valence-corrected chi connectivity index (χ1v) is 10.1. The minimum atomic E-state index is 0. The first-order chi connectivity index (χ1) is 11.7. The van der Waals surface area contributed by atoms with Gasteiger partial charge in [-0.2, -0.15) is 0 Å². The number of likely N-dealkylation sites (tertiary alicyclic amines) is 1. The SMILES string of the molecule is CCCN1CCC(NC(=NCC2(CCOCC)CC2)NCC)CC1.I. The molecule has 0 atom stereocenters. The van der Waals surface area contributed by atoms with Gasteiger partial charge in [-0.15, -0.1) is 24.0 Å². The van der Waals surface area contributed by atoms with Gasteiger partial charge in [0.1, 0.15) is 0 Å². The fourth-order valence-corrected chi connectivity index (χ4v) is 3.47. The number of aliphatic imine (C=N–C) groups is 1. The van der Waals surface area contributed by atoms with Crippen LogP contribution in [0.15, 0.2) is 4.99 Å². The molecule has 0 bridgehead atoms. The van der Waals surface area contributed by atoms with Crippen LogP contribution in [0.1, 0.15) is 59.3 Å². The zero-order valence-corrected chi connectivity index (χ0v) is 18.8. The standard InChI is InChI=1S/C19H38N4O.HI/c1-4-12-23-13-7-17(8-14-23)22-18(20-5-2)21-16-19(9-10-19)11-15-24-6-3;/h17H,4-16H2,1-3H3,(H2,20,21,22);1H. The van der Waals surface area contributed by atoms with E-state index in [1.165, 1.54) is 51.7 Å². The molecule has 0 radical (unpaired) electrons. The average Bonchev–Trinajstić information content (AvgIpc) is 3.35. The van der Waals surface area contributed by atoms with Gasteiger partial charge in [-0.3, -0.25) is 4.99 Å². The van der Waals surface area contributed by atoms with Crippen molar-refractivity contribution in [3.63, 3.8) is 0 Å². The Bertz CT molecular complexity index is 380. The Morgan fingerprint density at radius 3 is 2.48 bits per heavy atom. The van der Waals surface area contributed by atoms with Crippen molar-refractivity contribution < 1.29 is 4.74 Å². The van der Waals surface area contributed by atoms with E-state index in [-0.39, 0.29) is 24.0 Å². The molecule has 2 aliphatic rings. The molecule has 148 valence electrons. The number of ether oxygens (including phenoxy) is 1. The second kappa shape index (κ2) is 12.3. The summed E-state index contributed by atoms with van der Waals surface area (Å²) in [7, 11) is 0. The maximum Gasteiger partial charge on any atom is 0.191 e. The number of nitrogens with one attached hydrogen (secondary N) is 2. The summed E-state index contributed by atoms with van der Waals surface area (Å²) in [6, 6.07) is 0.564. The summed E-state index contributed by atoms with van der Waals surface area (Å²) in [5.74, 6) is 1.01. The van der Waals surface area contributed by atoms with Crippen molar-refractivity contribution in [3.8, 4) is 0 Å². The lowest BCUT2D eigenvalue weighted by molar-refractivity contribution is 0.129. The van der Waals surface area contributed by atoms with Crippen molar-refractivity contribution in [2.75, 3.05) is 45.9 Å². The molecular formula is C19H39IN4O. The summed E-state index contributed by atoms with van der Waals surface area (Å²) in [6.45, 7) is 13.7. The summed E-state index contributed by atoms with van der Waals surface area (Å²) < 4.78 is 5.53. The zero-order valence-electron chi connectivity index (χ0n) is 16.5. The topological polar surface area (TPSA) is 48.9 Å². The minimum absolute atomic E-state index is 0. The number of nitrogens with zero attached hydrogens (tertiary/aromatic N) is 2. The molecule has 0 aromatic heterocycles. The highest BCUT2D eigenvalue weighted by atomic mass is 127. The first-order valence-electron chi connectivity index (χ1n) is 10.1. The molecular weight excluding hydrogens is 427 g/mol. The third-order valence-electron chi connectivity index (χ3n) is 5.32. The van der Waals surface area contributed by atoms with E-state index < -0.39 is 0 Å². The monoisotopic (exact) mass is 466 g/mol. The fourth-order valence-electron chi connectivity index (χ4n) is 3.47. The number of halogens is 1. The summed E-state index contributed by atoms with van der Waals surface area (Å²) in [4.78, 5) is 7.48. The Labute approximate surface area is 171 Å².